The molecule has 0 aliphatic rings. The van der Waals surface area contributed by atoms with Crippen molar-refractivity contribution in [3.05, 3.63) is 83.4 Å². The van der Waals surface area contributed by atoms with E-state index in [1.54, 1.807) is 23.9 Å². The standard InChI is InChI=1S/C23H23NO3S/c1-16(20-12-11-18-5-3-4-6-21(18)13-20)24-22(25)15-28-14-17-7-9-19(10-8-17)23(26)27-2/h3-13,16H,14-15H2,1-2H3,(H,24,25). The van der Waals surface area contributed by atoms with Crippen molar-refractivity contribution in [3.63, 3.8) is 0 Å². The zero-order valence-electron chi connectivity index (χ0n) is 16.0. The van der Waals surface area contributed by atoms with Gasteiger partial charge in [-0.1, -0.05) is 48.5 Å². The fraction of sp³-hybridized carbons (Fsp3) is 0.217. The number of benzene rings is 3. The van der Waals surface area contributed by atoms with Crippen LogP contribution in [0.25, 0.3) is 10.8 Å². The number of esters is 1. The Balaban J connectivity index is 1.48. The van der Waals surface area contributed by atoms with Gasteiger partial charge in [0.05, 0.1) is 24.5 Å². The number of methoxy groups -OCH3 is 1. The predicted molar refractivity (Wildman–Crippen MR) is 114 cm³/mol. The Morgan fingerprint density at radius 1 is 1.00 bits per heavy atom. The van der Waals surface area contributed by atoms with E-state index in [0.29, 0.717) is 17.1 Å². The van der Waals surface area contributed by atoms with Crippen molar-refractivity contribution in [2.45, 2.75) is 18.7 Å². The van der Waals surface area contributed by atoms with Crippen LogP contribution in [-0.4, -0.2) is 24.7 Å². The van der Waals surface area contributed by atoms with Crippen LogP contribution in [0.15, 0.2) is 66.7 Å². The van der Waals surface area contributed by atoms with Gasteiger partial charge >= 0.3 is 5.97 Å². The van der Waals surface area contributed by atoms with Crippen molar-refractivity contribution in [2.75, 3.05) is 12.9 Å². The van der Waals surface area contributed by atoms with E-state index in [-0.39, 0.29) is 17.9 Å². The molecule has 0 spiro atoms. The van der Waals surface area contributed by atoms with Gasteiger partial charge in [0.15, 0.2) is 0 Å². The lowest BCUT2D eigenvalue weighted by molar-refractivity contribution is -0.119. The summed E-state index contributed by atoms with van der Waals surface area (Å²) >= 11 is 1.55. The number of rotatable bonds is 7. The van der Waals surface area contributed by atoms with E-state index < -0.39 is 0 Å². The minimum atomic E-state index is -0.346. The molecule has 5 heteroatoms. The summed E-state index contributed by atoms with van der Waals surface area (Å²) in [5, 5.41) is 5.42. The molecule has 4 nitrogen and oxygen atoms in total. The zero-order chi connectivity index (χ0) is 19.9. The van der Waals surface area contributed by atoms with Crippen molar-refractivity contribution >= 4 is 34.4 Å². The molecule has 0 fully saturated rings. The number of thioether (sulfide) groups is 1. The normalized spacial score (nSPS) is 11.8. The molecule has 1 atom stereocenters. The number of fused-ring (bicyclic) bond motifs is 1. The minimum absolute atomic E-state index is 0.0110. The lowest BCUT2D eigenvalue weighted by Gasteiger charge is -2.15. The zero-order valence-corrected chi connectivity index (χ0v) is 16.8. The van der Waals surface area contributed by atoms with Crippen LogP contribution in [0.1, 0.15) is 34.5 Å². The molecule has 0 heterocycles. The summed E-state index contributed by atoms with van der Waals surface area (Å²) in [5.74, 6) is 0.758. The molecule has 0 aromatic heterocycles. The van der Waals surface area contributed by atoms with Gasteiger partial charge in [0.1, 0.15) is 0 Å². The number of hydrogen-bond acceptors (Lipinski definition) is 4. The molecule has 3 aromatic carbocycles. The van der Waals surface area contributed by atoms with Gasteiger partial charge in [0.2, 0.25) is 5.91 Å². The molecule has 28 heavy (non-hydrogen) atoms. The van der Waals surface area contributed by atoms with E-state index in [9.17, 15) is 9.59 Å². The molecule has 1 amide bonds. The predicted octanol–water partition coefficient (Wildman–Crippen LogP) is 4.74. The summed E-state index contributed by atoms with van der Waals surface area (Å²) in [5.41, 5.74) is 2.68. The smallest absolute Gasteiger partial charge is 0.337 e. The molecule has 3 rings (SSSR count). The number of hydrogen-bond donors (Lipinski definition) is 1. The molecule has 0 saturated heterocycles. The van der Waals surface area contributed by atoms with E-state index in [1.807, 2.05) is 31.2 Å². The SMILES string of the molecule is COC(=O)c1ccc(CSCC(=O)NC(C)c2ccc3ccccc3c2)cc1. The number of carbonyl (C=O) groups is 2. The molecule has 3 aromatic rings. The van der Waals surface area contributed by atoms with Crippen molar-refractivity contribution in [1.82, 2.24) is 5.32 Å². The van der Waals surface area contributed by atoms with Crippen molar-refractivity contribution in [1.29, 1.82) is 0 Å². The third kappa shape index (κ3) is 5.14. The molecule has 0 saturated carbocycles. The van der Waals surface area contributed by atoms with Crippen LogP contribution in [-0.2, 0) is 15.3 Å². The van der Waals surface area contributed by atoms with Gasteiger partial charge in [-0.05, 0) is 47.0 Å². The van der Waals surface area contributed by atoms with Gasteiger partial charge in [0.25, 0.3) is 0 Å². The molecule has 0 radical (unpaired) electrons. The first kappa shape index (κ1) is 20.0. The Morgan fingerprint density at radius 2 is 1.71 bits per heavy atom. The topological polar surface area (TPSA) is 55.4 Å². The van der Waals surface area contributed by atoms with Crippen LogP contribution in [0, 0.1) is 0 Å². The van der Waals surface area contributed by atoms with E-state index in [0.717, 1.165) is 11.1 Å². The first-order chi connectivity index (χ1) is 13.6. The van der Waals surface area contributed by atoms with Crippen LogP contribution in [0.3, 0.4) is 0 Å². The quantitative estimate of drug-likeness (QED) is 0.589. The highest BCUT2D eigenvalue weighted by Crippen LogP contribution is 2.20. The second kappa shape index (κ2) is 9.42. The molecule has 1 N–H and O–H groups in total. The van der Waals surface area contributed by atoms with Crippen molar-refractivity contribution in [2.24, 2.45) is 0 Å². The third-order valence-corrected chi connectivity index (χ3v) is 5.53. The first-order valence-electron chi connectivity index (χ1n) is 9.10. The van der Waals surface area contributed by atoms with Crippen molar-refractivity contribution < 1.29 is 14.3 Å². The molecular weight excluding hydrogens is 370 g/mol. The summed E-state index contributed by atoms with van der Waals surface area (Å²) in [4.78, 5) is 23.7. The summed E-state index contributed by atoms with van der Waals surface area (Å²) < 4.78 is 4.69. The lowest BCUT2D eigenvalue weighted by atomic mass is 10.0. The Morgan fingerprint density at radius 3 is 2.43 bits per heavy atom. The molecule has 144 valence electrons. The highest BCUT2D eigenvalue weighted by atomic mass is 32.2. The second-order valence-corrected chi connectivity index (χ2v) is 7.56. The van der Waals surface area contributed by atoms with Gasteiger partial charge in [0, 0.05) is 5.75 Å². The monoisotopic (exact) mass is 393 g/mol. The Hall–Kier alpha value is -2.79. The van der Waals surface area contributed by atoms with Gasteiger partial charge in [-0.2, -0.15) is 0 Å². The average molecular weight is 394 g/mol. The summed E-state index contributed by atoms with van der Waals surface area (Å²) in [6.07, 6.45) is 0. The lowest BCUT2D eigenvalue weighted by Crippen LogP contribution is -2.28. The van der Waals surface area contributed by atoms with Gasteiger partial charge in [-0.15, -0.1) is 11.8 Å². The first-order valence-corrected chi connectivity index (χ1v) is 10.3. The summed E-state index contributed by atoms with van der Waals surface area (Å²) in [7, 11) is 1.36. The Labute approximate surface area is 169 Å². The number of ether oxygens (including phenoxy) is 1. The van der Waals surface area contributed by atoms with Crippen LogP contribution in [0.5, 0.6) is 0 Å². The Bertz CT molecular complexity index is 969. The summed E-state index contributed by atoms with van der Waals surface area (Å²) in [6, 6.07) is 21.7. The van der Waals surface area contributed by atoms with E-state index in [2.05, 4.69) is 40.4 Å². The largest absolute Gasteiger partial charge is 0.465 e. The van der Waals surface area contributed by atoms with Gasteiger partial charge in [-0.3, -0.25) is 4.79 Å². The molecule has 0 bridgehead atoms. The number of carbonyl (C=O) groups excluding carboxylic acids is 2. The van der Waals surface area contributed by atoms with E-state index >= 15 is 0 Å². The Kier molecular flexibility index (Phi) is 6.71. The van der Waals surface area contributed by atoms with E-state index in [1.165, 1.54) is 17.9 Å². The van der Waals surface area contributed by atoms with E-state index in [4.69, 9.17) is 0 Å². The average Bonchev–Trinajstić information content (AvgIpc) is 2.73. The molecule has 1 unspecified atom stereocenters. The van der Waals surface area contributed by atoms with Crippen LogP contribution in [0.2, 0.25) is 0 Å². The maximum Gasteiger partial charge on any atom is 0.337 e. The molecular formula is C23H23NO3S. The second-order valence-electron chi connectivity index (χ2n) is 6.58. The third-order valence-electron chi connectivity index (χ3n) is 4.53. The van der Waals surface area contributed by atoms with Crippen molar-refractivity contribution in [3.8, 4) is 0 Å². The fourth-order valence-electron chi connectivity index (χ4n) is 2.96. The van der Waals surface area contributed by atoms with Crippen LogP contribution < -0.4 is 5.32 Å². The summed E-state index contributed by atoms with van der Waals surface area (Å²) in [6.45, 7) is 2.00. The van der Waals surface area contributed by atoms with Gasteiger partial charge in [-0.25, -0.2) is 4.79 Å². The van der Waals surface area contributed by atoms with Gasteiger partial charge < -0.3 is 10.1 Å². The van der Waals surface area contributed by atoms with Crippen LogP contribution >= 0.6 is 11.8 Å². The number of nitrogens with one attached hydrogen (secondary N) is 1. The number of amides is 1. The fourth-order valence-corrected chi connectivity index (χ4v) is 3.76. The minimum Gasteiger partial charge on any atom is -0.465 e. The maximum absolute atomic E-state index is 12.3. The highest BCUT2D eigenvalue weighted by Gasteiger charge is 2.10. The molecule has 0 aliphatic heterocycles. The van der Waals surface area contributed by atoms with Crippen LogP contribution in [0.4, 0.5) is 0 Å². The molecule has 0 aliphatic carbocycles. The maximum atomic E-state index is 12.3. The highest BCUT2D eigenvalue weighted by molar-refractivity contribution is 7.99.